The summed E-state index contributed by atoms with van der Waals surface area (Å²) in [5, 5.41) is 5.48. The Morgan fingerprint density at radius 1 is 1.03 bits per heavy atom. The van der Waals surface area contributed by atoms with Crippen molar-refractivity contribution >= 4 is 17.5 Å². The van der Waals surface area contributed by atoms with E-state index >= 15 is 0 Å². The summed E-state index contributed by atoms with van der Waals surface area (Å²) in [6.45, 7) is 3.74. The van der Waals surface area contributed by atoms with Crippen molar-refractivity contribution in [1.82, 2.24) is 19.6 Å². The van der Waals surface area contributed by atoms with Gasteiger partial charge in [0.05, 0.1) is 11.7 Å². The fraction of sp³-hybridized carbons (Fsp3) is 0.414. The largest absolute Gasteiger partial charge is 0.336 e. The Labute approximate surface area is 222 Å². The average molecular weight is 520 g/mol. The summed E-state index contributed by atoms with van der Waals surface area (Å²) in [5.74, 6) is 0.0368. The molecule has 1 aliphatic heterocycles. The van der Waals surface area contributed by atoms with E-state index < -0.39 is 0 Å². The standard InChI is InChI=1S/C29H34ClN5O2/c1-33-14-16-34(17-15-33)28(37)22-5-2-4-21(18-22)26-8-9-27(36)35(32-26)25-10-12-29(20-31,13-11-25)23-6-3-7-24(30)19-23/h2-9,18-19,25H,10-17,20,31H2,1H3. The molecule has 0 unspecified atom stereocenters. The lowest BCUT2D eigenvalue weighted by molar-refractivity contribution is 0.0664. The minimum Gasteiger partial charge on any atom is -0.336 e. The molecule has 3 aromatic rings. The highest BCUT2D eigenvalue weighted by Gasteiger charge is 2.37. The van der Waals surface area contributed by atoms with Crippen LogP contribution >= 0.6 is 11.6 Å². The molecule has 1 saturated heterocycles. The highest BCUT2D eigenvalue weighted by Crippen LogP contribution is 2.42. The summed E-state index contributed by atoms with van der Waals surface area (Å²) in [6.07, 6.45) is 3.34. The van der Waals surface area contributed by atoms with Gasteiger partial charge >= 0.3 is 0 Å². The zero-order chi connectivity index (χ0) is 26.0. The predicted molar refractivity (Wildman–Crippen MR) is 147 cm³/mol. The maximum atomic E-state index is 13.1. The number of piperazine rings is 1. The number of hydrogen-bond donors (Lipinski definition) is 1. The zero-order valence-electron chi connectivity index (χ0n) is 21.3. The molecule has 37 heavy (non-hydrogen) atoms. The second kappa shape index (κ2) is 10.8. The van der Waals surface area contributed by atoms with E-state index in [0.717, 1.165) is 63.0 Å². The van der Waals surface area contributed by atoms with Gasteiger partial charge in [-0.3, -0.25) is 9.59 Å². The van der Waals surface area contributed by atoms with Gasteiger partial charge in [0.25, 0.3) is 11.5 Å². The van der Waals surface area contributed by atoms with E-state index in [0.29, 0.717) is 22.8 Å². The monoisotopic (exact) mass is 519 g/mol. The number of nitrogens with zero attached hydrogens (tertiary/aromatic N) is 4. The van der Waals surface area contributed by atoms with Crippen LogP contribution < -0.4 is 11.3 Å². The van der Waals surface area contributed by atoms with E-state index in [1.54, 1.807) is 16.8 Å². The van der Waals surface area contributed by atoms with Gasteiger partial charge in [0.1, 0.15) is 0 Å². The van der Waals surface area contributed by atoms with Crippen molar-refractivity contribution in [1.29, 1.82) is 0 Å². The number of benzene rings is 2. The van der Waals surface area contributed by atoms with Crippen molar-refractivity contribution in [3.8, 4) is 11.3 Å². The minimum atomic E-state index is -0.138. The third kappa shape index (κ3) is 5.35. The van der Waals surface area contributed by atoms with Crippen LogP contribution in [0.25, 0.3) is 11.3 Å². The van der Waals surface area contributed by atoms with Gasteiger partial charge in [0.2, 0.25) is 0 Å². The number of aromatic nitrogens is 2. The molecule has 2 aromatic carbocycles. The third-order valence-electron chi connectivity index (χ3n) is 8.11. The van der Waals surface area contributed by atoms with Crippen LogP contribution in [0.15, 0.2) is 65.5 Å². The molecule has 0 bridgehead atoms. The van der Waals surface area contributed by atoms with E-state index in [4.69, 9.17) is 22.4 Å². The van der Waals surface area contributed by atoms with Gasteiger partial charge in [-0.25, -0.2) is 4.68 Å². The number of carbonyl (C=O) groups is 1. The molecule has 2 N–H and O–H groups in total. The Balaban J connectivity index is 1.35. The van der Waals surface area contributed by atoms with Gasteiger partial charge in [0, 0.05) is 60.4 Å². The van der Waals surface area contributed by atoms with Crippen LogP contribution in [0.3, 0.4) is 0 Å². The van der Waals surface area contributed by atoms with Gasteiger partial charge in [-0.05, 0) is 68.6 Å². The molecule has 1 aromatic heterocycles. The van der Waals surface area contributed by atoms with Crippen LogP contribution in [0.4, 0.5) is 0 Å². The molecule has 1 saturated carbocycles. The fourth-order valence-corrected chi connectivity index (χ4v) is 5.86. The summed E-state index contributed by atoms with van der Waals surface area (Å²) in [6, 6.07) is 18.9. The number of amides is 1. The highest BCUT2D eigenvalue weighted by molar-refractivity contribution is 6.30. The van der Waals surface area contributed by atoms with E-state index in [1.165, 1.54) is 0 Å². The average Bonchev–Trinajstić information content (AvgIpc) is 2.93. The second-order valence-corrected chi connectivity index (χ2v) is 10.8. The molecule has 5 rings (SSSR count). The molecule has 0 atom stereocenters. The van der Waals surface area contributed by atoms with Gasteiger partial charge in [-0.1, -0.05) is 35.9 Å². The molecule has 2 fully saturated rings. The Bertz CT molecular complexity index is 1320. The minimum absolute atomic E-state index is 0.00135. The highest BCUT2D eigenvalue weighted by atomic mass is 35.5. The van der Waals surface area contributed by atoms with Crippen molar-refractivity contribution in [3.63, 3.8) is 0 Å². The first-order valence-electron chi connectivity index (χ1n) is 13.0. The maximum absolute atomic E-state index is 13.1. The number of likely N-dealkylation sites (N-methyl/N-ethyl adjacent to an activating group) is 1. The Morgan fingerprint density at radius 2 is 1.76 bits per heavy atom. The van der Waals surface area contributed by atoms with E-state index in [2.05, 4.69) is 18.0 Å². The number of rotatable bonds is 5. The number of halogens is 1. The lowest BCUT2D eigenvalue weighted by atomic mass is 9.68. The van der Waals surface area contributed by atoms with Crippen molar-refractivity contribution in [2.75, 3.05) is 39.8 Å². The first kappa shape index (κ1) is 25.6. The molecule has 2 aliphatic rings. The molecule has 194 valence electrons. The smallest absolute Gasteiger partial charge is 0.267 e. The number of nitrogens with two attached hydrogens (primary N) is 1. The second-order valence-electron chi connectivity index (χ2n) is 10.4. The van der Waals surface area contributed by atoms with Crippen molar-refractivity contribution in [2.45, 2.75) is 37.1 Å². The Morgan fingerprint density at radius 3 is 2.46 bits per heavy atom. The SMILES string of the molecule is CN1CCN(C(=O)c2cccc(-c3ccc(=O)n(C4CCC(CN)(c5cccc(Cl)c5)CC4)n3)c2)CC1. The third-order valence-corrected chi connectivity index (χ3v) is 8.34. The lowest BCUT2D eigenvalue weighted by Crippen LogP contribution is -2.47. The lowest BCUT2D eigenvalue weighted by Gasteiger charge is -2.40. The molecule has 1 amide bonds. The van der Waals surface area contributed by atoms with Gasteiger partial charge in [0.15, 0.2) is 0 Å². The van der Waals surface area contributed by atoms with Gasteiger partial charge < -0.3 is 15.5 Å². The van der Waals surface area contributed by atoms with Crippen LogP contribution in [-0.4, -0.2) is 65.3 Å². The molecule has 0 spiro atoms. The number of hydrogen-bond acceptors (Lipinski definition) is 5. The quantitative estimate of drug-likeness (QED) is 0.551. The van der Waals surface area contributed by atoms with Crippen molar-refractivity contribution in [3.05, 3.63) is 87.2 Å². The van der Waals surface area contributed by atoms with E-state index in [9.17, 15) is 9.59 Å². The van der Waals surface area contributed by atoms with Crippen LogP contribution in [-0.2, 0) is 5.41 Å². The summed E-state index contributed by atoms with van der Waals surface area (Å²) in [5.41, 5.74) is 9.36. The molecule has 0 radical (unpaired) electrons. The molecule has 7 nitrogen and oxygen atoms in total. The molecule has 2 heterocycles. The van der Waals surface area contributed by atoms with Gasteiger partial charge in [-0.2, -0.15) is 5.10 Å². The zero-order valence-corrected chi connectivity index (χ0v) is 22.0. The summed E-state index contributed by atoms with van der Waals surface area (Å²) in [7, 11) is 2.07. The van der Waals surface area contributed by atoms with E-state index in [-0.39, 0.29) is 22.9 Å². The molecule has 1 aliphatic carbocycles. The molecular weight excluding hydrogens is 486 g/mol. The molecular formula is C29H34ClN5O2. The predicted octanol–water partition coefficient (Wildman–Crippen LogP) is 3.96. The van der Waals surface area contributed by atoms with Crippen molar-refractivity contribution in [2.24, 2.45) is 5.73 Å². The van der Waals surface area contributed by atoms with Gasteiger partial charge in [-0.15, -0.1) is 0 Å². The Hall–Kier alpha value is -3.00. The van der Waals surface area contributed by atoms with Crippen LogP contribution in [0.1, 0.15) is 47.6 Å². The first-order valence-corrected chi connectivity index (χ1v) is 13.4. The maximum Gasteiger partial charge on any atom is 0.267 e. The topological polar surface area (TPSA) is 84.5 Å². The van der Waals surface area contributed by atoms with Crippen molar-refractivity contribution < 1.29 is 4.79 Å². The fourth-order valence-electron chi connectivity index (χ4n) is 5.67. The van der Waals surface area contributed by atoms with Crippen LogP contribution in [0.5, 0.6) is 0 Å². The first-order chi connectivity index (χ1) is 17.9. The Kier molecular flexibility index (Phi) is 7.47. The molecule has 8 heteroatoms. The number of carbonyl (C=O) groups excluding carboxylic acids is 1. The van der Waals surface area contributed by atoms with Crippen LogP contribution in [0, 0.1) is 0 Å². The summed E-state index contributed by atoms with van der Waals surface area (Å²) >= 11 is 6.26. The van der Waals surface area contributed by atoms with Crippen LogP contribution in [0.2, 0.25) is 5.02 Å². The summed E-state index contributed by atoms with van der Waals surface area (Å²) in [4.78, 5) is 30.1. The summed E-state index contributed by atoms with van der Waals surface area (Å²) < 4.78 is 1.63. The normalized spacial score (nSPS) is 22.7. The van der Waals surface area contributed by atoms with E-state index in [1.807, 2.05) is 47.4 Å².